The average Bonchev–Trinajstić information content (AvgIpc) is 3.42. The zero-order valence-electron chi connectivity index (χ0n) is 13.3. The summed E-state index contributed by atoms with van der Waals surface area (Å²) in [5.41, 5.74) is 0.521. The second-order valence-electron chi connectivity index (χ2n) is 5.68. The first-order chi connectivity index (χ1) is 11.6. The number of methoxy groups -OCH3 is 1. The number of esters is 1. The monoisotopic (exact) mass is 326 g/mol. The van der Waals surface area contributed by atoms with Crippen LogP contribution in [0.4, 0.5) is 5.69 Å². The number of rotatable bonds is 6. The highest BCUT2D eigenvalue weighted by Crippen LogP contribution is 2.47. The zero-order valence-corrected chi connectivity index (χ0v) is 13.3. The number of ether oxygens (including phenoxy) is 2. The Morgan fingerprint density at radius 2 is 1.96 bits per heavy atom. The van der Waals surface area contributed by atoms with E-state index in [4.69, 9.17) is 9.47 Å². The molecule has 2 aromatic rings. The summed E-state index contributed by atoms with van der Waals surface area (Å²) in [5, 5.41) is 2.74. The molecule has 24 heavy (non-hydrogen) atoms. The van der Waals surface area contributed by atoms with Gasteiger partial charge in [0.05, 0.1) is 7.11 Å². The number of pyridine rings is 1. The lowest BCUT2D eigenvalue weighted by Gasteiger charge is -2.13. The molecule has 1 heterocycles. The normalized spacial score (nSPS) is 14.5. The molecule has 1 amide bonds. The molecule has 0 radical (unpaired) electrons. The lowest BCUT2D eigenvalue weighted by atomic mass is 10.1. The van der Waals surface area contributed by atoms with E-state index in [-0.39, 0.29) is 5.91 Å². The minimum absolute atomic E-state index is 0.352. The molecule has 1 aliphatic rings. The number of hydrogen-bond acceptors (Lipinski definition) is 5. The molecule has 6 heteroatoms. The van der Waals surface area contributed by atoms with Crippen LogP contribution in [0.15, 0.2) is 48.7 Å². The van der Waals surface area contributed by atoms with Gasteiger partial charge in [0.25, 0.3) is 0 Å². The maximum atomic E-state index is 12.3. The largest absolute Gasteiger partial charge is 0.473 e. The Kier molecular flexibility index (Phi) is 4.46. The van der Waals surface area contributed by atoms with Crippen molar-refractivity contribution >= 4 is 17.6 Å². The smallest absolute Gasteiger partial charge is 0.321 e. The van der Waals surface area contributed by atoms with Gasteiger partial charge in [0.15, 0.2) is 0 Å². The summed E-state index contributed by atoms with van der Waals surface area (Å²) >= 11 is 0. The van der Waals surface area contributed by atoms with Crippen molar-refractivity contribution in [2.45, 2.75) is 19.4 Å². The molecular formula is C18H18N2O4. The molecule has 1 N–H and O–H groups in total. The molecule has 0 saturated heterocycles. The number of nitrogens with one attached hydrogen (secondary N) is 1. The Balaban J connectivity index is 1.63. The number of carbonyl (C=O) groups is 2. The first-order valence-corrected chi connectivity index (χ1v) is 7.67. The molecule has 1 aliphatic carbocycles. The van der Waals surface area contributed by atoms with Crippen LogP contribution in [-0.2, 0) is 20.9 Å². The summed E-state index contributed by atoms with van der Waals surface area (Å²) in [5.74, 6) is -0.441. The molecule has 0 unspecified atom stereocenters. The molecule has 1 aromatic carbocycles. The maximum absolute atomic E-state index is 12.3. The van der Waals surface area contributed by atoms with Gasteiger partial charge in [-0.05, 0) is 24.5 Å². The van der Waals surface area contributed by atoms with Gasteiger partial charge in [0.1, 0.15) is 12.0 Å². The van der Waals surface area contributed by atoms with Crippen molar-refractivity contribution in [3.05, 3.63) is 54.2 Å². The number of aromatic nitrogens is 1. The van der Waals surface area contributed by atoms with Crippen molar-refractivity contribution in [3.8, 4) is 5.88 Å². The van der Waals surface area contributed by atoms with E-state index < -0.39 is 11.4 Å². The Hall–Kier alpha value is -2.89. The van der Waals surface area contributed by atoms with Gasteiger partial charge in [-0.1, -0.05) is 30.3 Å². The molecule has 0 spiro atoms. The Morgan fingerprint density at radius 3 is 2.62 bits per heavy atom. The third-order valence-corrected chi connectivity index (χ3v) is 3.98. The van der Waals surface area contributed by atoms with Crippen LogP contribution in [0.1, 0.15) is 18.4 Å². The van der Waals surface area contributed by atoms with Crippen LogP contribution in [0.2, 0.25) is 0 Å². The fourth-order valence-electron chi connectivity index (χ4n) is 2.39. The Labute approximate surface area is 139 Å². The van der Waals surface area contributed by atoms with Crippen LogP contribution in [-0.4, -0.2) is 24.0 Å². The minimum Gasteiger partial charge on any atom is -0.473 e. The van der Waals surface area contributed by atoms with Crippen LogP contribution in [0, 0.1) is 5.41 Å². The fourth-order valence-corrected chi connectivity index (χ4v) is 2.39. The zero-order chi connectivity index (χ0) is 17.0. The SMILES string of the molecule is COC(=O)C1(C(=O)Nc2ccnc(OCc3ccccc3)c2)CC1. The van der Waals surface area contributed by atoms with Gasteiger partial charge in [0, 0.05) is 18.0 Å². The molecule has 1 aromatic heterocycles. The van der Waals surface area contributed by atoms with E-state index in [9.17, 15) is 9.59 Å². The lowest BCUT2D eigenvalue weighted by molar-refractivity contribution is -0.150. The average molecular weight is 326 g/mol. The summed E-state index contributed by atoms with van der Waals surface area (Å²) < 4.78 is 10.3. The van der Waals surface area contributed by atoms with E-state index in [0.717, 1.165) is 5.56 Å². The third-order valence-electron chi connectivity index (χ3n) is 3.98. The standard InChI is InChI=1S/C18H18N2O4/c1-23-17(22)18(8-9-18)16(21)20-14-7-10-19-15(11-14)24-12-13-5-3-2-4-6-13/h2-7,10-11H,8-9,12H2,1H3,(H,19,20,21). The predicted molar refractivity (Wildman–Crippen MR) is 87.3 cm³/mol. The van der Waals surface area contributed by atoms with Crippen LogP contribution < -0.4 is 10.1 Å². The number of benzene rings is 1. The second-order valence-corrected chi connectivity index (χ2v) is 5.68. The van der Waals surface area contributed by atoms with Crippen molar-refractivity contribution in [2.24, 2.45) is 5.41 Å². The first-order valence-electron chi connectivity index (χ1n) is 7.67. The topological polar surface area (TPSA) is 77.5 Å². The number of nitrogens with zero attached hydrogens (tertiary/aromatic N) is 1. The highest BCUT2D eigenvalue weighted by Gasteiger charge is 2.57. The van der Waals surface area contributed by atoms with Gasteiger partial charge in [0.2, 0.25) is 11.8 Å². The van der Waals surface area contributed by atoms with Crippen LogP contribution in [0.5, 0.6) is 5.88 Å². The van der Waals surface area contributed by atoms with Crippen LogP contribution >= 0.6 is 0 Å². The summed E-state index contributed by atoms with van der Waals surface area (Å²) in [6.07, 6.45) is 2.57. The molecule has 3 rings (SSSR count). The summed E-state index contributed by atoms with van der Waals surface area (Å²) in [6, 6.07) is 13.0. The minimum atomic E-state index is -1.04. The number of anilines is 1. The highest BCUT2D eigenvalue weighted by atomic mass is 16.5. The van der Waals surface area contributed by atoms with Crippen molar-refractivity contribution in [3.63, 3.8) is 0 Å². The van der Waals surface area contributed by atoms with Crippen molar-refractivity contribution in [1.29, 1.82) is 0 Å². The number of hydrogen-bond donors (Lipinski definition) is 1. The molecule has 0 aliphatic heterocycles. The van der Waals surface area contributed by atoms with Gasteiger partial charge in [-0.2, -0.15) is 0 Å². The van der Waals surface area contributed by atoms with Crippen LogP contribution in [0.3, 0.4) is 0 Å². The van der Waals surface area contributed by atoms with E-state index in [1.54, 1.807) is 18.3 Å². The fraction of sp³-hybridized carbons (Fsp3) is 0.278. The quantitative estimate of drug-likeness (QED) is 0.652. The summed E-state index contributed by atoms with van der Waals surface area (Å²) in [6.45, 7) is 0.386. The summed E-state index contributed by atoms with van der Waals surface area (Å²) in [7, 11) is 1.29. The van der Waals surface area contributed by atoms with Gasteiger partial charge < -0.3 is 14.8 Å². The van der Waals surface area contributed by atoms with E-state index >= 15 is 0 Å². The molecule has 0 atom stereocenters. The highest BCUT2D eigenvalue weighted by molar-refractivity contribution is 6.11. The van der Waals surface area contributed by atoms with E-state index in [2.05, 4.69) is 10.3 Å². The predicted octanol–water partition coefficient (Wildman–Crippen LogP) is 2.55. The summed E-state index contributed by atoms with van der Waals surface area (Å²) in [4.78, 5) is 28.2. The van der Waals surface area contributed by atoms with Gasteiger partial charge >= 0.3 is 5.97 Å². The van der Waals surface area contributed by atoms with Crippen LogP contribution in [0.25, 0.3) is 0 Å². The molecule has 1 fully saturated rings. The van der Waals surface area contributed by atoms with E-state index in [1.165, 1.54) is 7.11 Å². The molecule has 1 saturated carbocycles. The van der Waals surface area contributed by atoms with E-state index in [1.807, 2.05) is 30.3 Å². The van der Waals surface area contributed by atoms with E-state index in [0.29, 0.717) is 31.0 Å². The maximum Gasteiger partial charge on any atom is 0.321 e. The molecule has 124 valence electrons. The molecule has 0 bridgehead atoms. The number of carbonyl (C=O) groups excluding carboxylic acids is 2. The van der Waals surface area contributed by atoms with Gasteiger partial charge in [-0.15, -0.1) is 0 Å². The third kappa shape index (κ3) is 3.37. The van der Waals surface area contributed by atoms with Crippen molar-refractivity contribution in [1.82, 2.24) is 4.98 Å². The van der Waals surface area contributed by atoms with Gasteiger partial charge in [-0.3, -0.25) is 9.59 Å². The second kappa shape index (κ2) is 6.70. The van der Waals surface area contributed by atoms with Gasteiger partial charge in [-0.25, -0.2) is 4.98 Å². The lowest BCUT2D eigenvalue weighted by Crippen LogP contribution is -2.32. The van der Waals surface area contributed by atoms with Crippen molar-refractivity contribution in [2.75, 3.05) is 12.4 Å². The Bertz CT molecular complexity index is 742. The molecular weight excluding hydrogens is 308 g/mol. The first kappa shape index (κ1) is 16.0. The number of amides is 1. The Morgan fingerprint density at radius 1 is 1.21 bits per heavy atom. The molecule has 6 nitrogen and oxygen atoms in total. The van der Waals surface area contributed by atoms with Crippen molar-refractivity contribution < 1.29 is 19.1 Å².